The minimum atomic E-state index is -0.0363. The third-order valence-electron chi connectivity index (χ3n) is 2.88. The van der Waals surface area contributed by atoms with Gasteiger partial charge in [-0.2, -0.15) is 0 Å². The van der Waals surface area contributed by atoms with Crippen LogP contribution in [0, 0.1) is 11.8 Å². The molecule has 0 radical (unpaired) electrons. The monoisotopic (exact) mass is 277 g/mol. The van der Waals surface area contributed by atoms with Crippen LogP contribution in [-0.2, 0) is 16.1 Å². The Labute approximate surface area is 116 Å². The molecule has 0 bridgehead atoms. The zero-order valence-corrected chi connectivity index (χ0v) is 11.5. The van der Waals surface area contributed by atoms with Gasteiger partial charge in [-0.15, -0.1) is 11.3 Å². The summed E-state index contributed by atoms with van der Waals surface area (Å²) in [5.74, 6) is 5.71. The first-order valence-corrected chi connectivity index (χ1v) is 6.77. The molecule has 0 saturated carbocycles. The van der Waals surface area contributed by atoms with Crippen LogP contribution in [0.25, 0.3) is 0 Å². The quantitative estimate of drug-likeness (QED) is 0.765. The van der Waals surface area contributed by atoms with E-state index in [1.54, 1.807) is 11.9 Å². The van der Waals surface area contributed by atoms with Gasteiger partial charge in [0.05, 0.1) is 19.6 Å². The predicted molar refractivity (Wildman–Crippen MR) is 73.3 cm³/mol. The van der Waals surface area contributed by atoms with Gasteiger partial charge < -0.3 is 15.5 Å². The fourth-order valence-electron chi connectivity index (χ4n) is 1.80. The van der Waals surface area contributed by atoms with E-state index < -0.39 is 0 Å². The second kappa shape index (κ2) is 5.87. The zero-order chi connectivity index (χ0) is 13.8. The highest BCUT2D eigenvalue weighted by atomic mass is 32.1. The van der Waals surface area contributed by atoms with Gasteiger partial charge in [0.25, 0.3) is 0 Å². The number of amides is 2. The lowest BCUT2D eigenvalue weighted by Crippen LogP contribution is -2.51. The van der Waals surface area contributed by atoms with Crippen LogP contribution in [0.3, 0.4) is 0 Å². The van der Waals surface area contributed by atoms with Gasteiger partial charge in [0.2, 0.25) is 11.8 Å². The van der Waals surface area contributed by atoms with Crippen LogP contribution in [-0.4, -0.2) is 48.3 Å². The largest absolute Gasteiger partial charge is 0.335 e. The van der Waals surface area contributed by atoms with E-state index >= 15 is 0 Å². The molecule has 2 heterocycles. The van der Waals surface area contributed by atoms with E-state index in [-0.39, 0.29) is 24.9 Å². The van der Waals surface area contributed by atoms with E-state index in [0.717, 1.165) is 10.4 Å². The van der Waals surface area contributed by atoms with Crippen molar-refractivity contribution in [2.45, 2.75) is 6.54 Å². The first-order valence-electron chi connectivity index (χ1n) is 5.89. The van der Waals surface area contributed by atoms with E-state index in [1.807, 2.05) is 11.4 Å². The molecule has 0 unspecified atom stereocenters. The summed E-state index contributed by atoms with van der Waals surface area (Å²) < 4.78 is 0. The van der Waals surface area contributed by atoms with Crippen molar-refractivity contribution in [2.75, 3.05) is 26.7 Å². The van der Waals surface area contributed by atoms with Crippen LogP contribution in [0.15, 0.2) is 11.4 Å². The number of carbonyl (C=O) groups is 2. The number of piperazine rings is 1. The standard InChI is InChI=1S/C13H15N3O2S/c1-15-8-13(18)16(9-12(15)17)7-11-10(3-2-5-14)4-6-19-11/h4,6H,5,7-9,14H2,1H3. The normalized spacial score (nSPS) is 15.5. The molecule has 1 fully saturated rings. The number of nitrogens with two attached hydrogens (primary N) is 1. The Kier molecular flexibility index (Phi) is 4.20. The first kappa shape index (κ1) is 13.6. The summed E-state index contributed by atoms with van der Waals surface area (Å²) in [7, 11) is 1.64. The molecular formula is C13H15N3O2S. The molecule has 1 aliphatic heterocycles. The summed E-state index contributed by atoms with van der Waals surface area (Å²) in [6, 6.07) is 1.91. The van der Waals surface area contributed by atoms with Crippen LogP contribution < -0.4 is 5.73 Å². The van der Waals surface area contributed by atoms with Gasteiger partial charge in [0, 0.05) is 17.5 Å². The van der Waals surface area contributed by atoms with Crippen LogP contribution in [0.5, 0.6) is 0 Å². The van der Waals surface area contributed by atoms with Gasteiger partial charge >= 0.3 is 0 Å². The molecule has 0 atom stereocenters. The molecule has 1 aromatic heterocycles. The lowest BCUT2D eigenvalue weighted by atomic mass is 10.2. The minimum Gasteiger partial charge on any atom is -0.335 e. The Bertz CT molecular complexity index is 556. The van der Waals surface area contributed by atoms with Crippen LogP contribution >= 0.6 is 11.3 Å². The maximum atomic E-state index is 11.9. The van der Waals surface area contributed by atoms with Crippen molar-refractivity contribution in [2.24, 2.45) is 5.73 Å². The van der Waals surface area contributed by atoms with Crippen molar-refractivity contribution >= 4 is 23.2 Å². The molecule has 0 aromatic carbocycles. The maximum Gasteiger partial charge on any atom is 0.242 e. The number of likely N-dealkylation sites (N-methyl/N-ethyl adjacent to an activating group) is 1. The lowest BCUT2D eigenvalue weighted by molar-refractivity contribution is -0.149. The average Bonchev–Trinajstić information content (AvgIpc) is 2.81. The van der Waals surface area contributed by atoms with Crippen LogP contribution in [0.4, 0.5) is 0 Å². The molecule has 0 spiro atoms. The third-order valence-corrected chi connectivity index (χ3v) is 3.79. The van der Waals surface area contributed by atoms with Crippen molar-refractivity contribution in [3.05, 3.63) is 21.9 Å². The fraction of sp³-hybridized carbons (Fsp3) is 0.385. The van der Waals surface area contributed by atoms with Gasteiger partial charge in [-0.1, -0.05) is 11.8 Å². The number of carbonyl (C=O) groups excluding carboxylic acids is 2. The van der Waals surface area contributed by atoms with Crippen LogP contribution in [0.1, 0.15) is 10.4 Å². The van der Waals surface area contributed by atoms with Gasteiger partial charge in [0.1, 0.15) is 6.54 Å². The summed E-state index contributed by atoms with van der Waals surface area (Å²) in [6.07, 6.45) is 0. The van der Waals surface area contributed by atoms with Gasteiger partial charge in [-0.3, -0.25) is 9.59 Å². The summed E-state index contributed by atoms with van der Waals surface area (Å²) in [5.41, 5.74) is 6.23. The fourth-order valence-corrected chi connectivity index (χ4v) is 2.65. The number of nitrogens with zero attached hydrogens (tertiary/aromatic N) is 2. The third kappa shape index (κ3) is 3.13. The van der Waals surface area contributed by atoms with Crippen molar-refractivity contribution in [3.8, 4) is 11.8 Å². The molecule has 2 amide bonds. The predicted octanol–water partition coefficient (Wildman–Crippen LogP) is -0.141. The van der Waals surface area contributed by atoms with Crippen molar-refractivity contribution in [1.82, 2.24) is 9.80 Å². The minimum absolute atomic E-state index is 0.0340. The second-order valence-corrected chi connectivity index (χ2v) is 5.26. The zero-order valence-electron chi connectivity index (χ0n) is 10.7. The van der Waals surface area contributed by atoms with E-state index in [9.17, 15) is 9.59 Å². The molecule has 19 heavy (non-hydrogen) atoms. The molecular weight excluding hydrogens is 262 g/mol. The van der Waals surface area contributed by atoms with E-state index in [4.69, 9.17) is 5.73 Å². The van der Waals surface area contributed by atoms with E-state index in [0.29, 0.717) is 13.1 Å². The molecule has 6 heteroatoms. The highest BCUT2D eigenvalue weighted by molar-refractivity contribution is 7.10. The van der Waals surface area contributed by atoms with Crippen LogP contribution in [0.2, 0.25) is 0 Å². The number of rotatable bonds is 2. The highest BCUT2D eigenvalue weighted by Crippen LogP contribution is 2.19. The molecule has 100 valence electrons. The average molecular weight is 277 g/mol. The summed E-state index contributed by atoms with van der Waals surface area (Å²) in [6.45, 7) is 1.02. The Balaban J connectivity index is 2.11. The lowest BCUT2D eigenvalue weighted by Gasteiger charge is -2.31. The highest BCUT2D eigenvalue weighted by Gasteiger charge is 2.27. The smallest absolute Gasteiger partial charge is 0.242 e. The van der Waals surface area contributed by atoms with Crippen molar-refractivity contribution < 1.29 is 9.59 Å². The van der Waals surface area contributed by atoms with E-state index in [1.165, 1.54) is 16.2 Å². The van der Waals surface area contributed by atoms with Gasteiger partial charge in [0.15, 0.2) is 0 Å². The molecule has 0 aliphatic carbocycles. The molecule has 1 aromatic rings. The SMILES string of the molecule is CN1CC(=O)N(Cc2sccc2C#CCN)CC1=O. The number of hydrogen-bond acceptors (Lipinski definition) is 4. The maximum absolute atomic E-state index is 11.9. The molecule has 1 saturated heterocycles. The summed E-state index contributed by atoms with van der Waals surface area (Å²) in [4.78, 5) is 27.5. The Morgan fingerprint density at radius 3 is 2.89 bits per heavy atom. The first-order chi connectivity index (χ1) is 9.11. The second-order valence-electron chi connectivity index (χ2n) is 4.26. The molecule has 1 aliphatic rings. The number of hydrogen-bond donors (Lipinski definition) is 1. The topological polar surface area (TPSA) is 66.6 Å². The van der Waals surface area contributed by atoms with E-state index in [2.05, 4.69) is 11.8 Å². The Morgan fingerprint density at radius 1 is 1.37 bits per heavy atom. The molecule has 2 rings (SSSR count). The van der Waals surface area contributed by atoms with Crippen molar-refractivity contribution in [3.63, 3.8) is 0 Å². The summed E-state index contributed by atoms with van der Waals surface area (Å²) >= 11 is 1.54. The molecule has 2 N–H and O–H groups in total. The Hall–Kier alpha value is -1.84. The Morgan fingerprint density at radius 2 is 2.16 bits per heavy atom. The number of thiophene rings is 1. The van der Waals surface area contributed by atoms with Gasteiger partial charge in [-0.05, 0) is 11.4 Å². The van der Waals surface area contributed by atoms with Crippen molar-refractivity contribution in [1.29, 1.82) is 0 Å². The summed E-state index contributed by atoms with van der Waals surface area (Å²) in [5, 5.41) is 1.93. The molecule has 5 nitrogen and oxygen atoms in total. The van der Waals surface area contributed by atoms with Gasteiger partial charge in [-0.25, -0.2) is 0 Å².